The minimum absolute atomic E-state index is 0.0145. The van der Waals surface area contributed by atoms with E-state index in [4.69, 9.17) is 32.7 Å². The smallest absolute Gasteiger partial charge is 0.339 e. The van der Waals surface area contributed by atoms with Gasteiger partial charge in [0.05, 0.1) is 30.6 Å². The molecular formula is C27H21Cl2N3O7. The number of hydrogen-bond donors (Lipinski definition) is 3. The number of carbonyl (C=O) groups excluding carboxylic acids is 3. The molecular weight excluding hydrogens is 549 g/mol. The van der Waals surface area contributed by atoms with Gasteiger partial charge in [-0.3, -0.25) is 14.4 Å². The Morgan fingerprint density at radius 1 is 0.897 bits per heavy atom. The van der Waals surface area contributed by atoms with Gasteiger partial charge in [0.15, 0.2) is 0 Å². The molecule has 1 aliphatic heterocycles. The number of methoxy groups -OCH3 is 2. The number of imide groups is 1. The third kappa shape index (κ3) is 5.38. The maximum atomic E-state index is 13.2. The summed E-state index contributed by atoms with van der Waals surface area (Å²) < 4.78 is 10.4. The number of hydrogen-bond acceptors (Lipinski definition) is 7. The van der Waals surface area contributed by atoms with Crippen LogP contribution in [0.1, 0.15) is 26.3 Å². The number of carboxylic acids is 1. The number of carbonyl (C=O) groups is 4. The summed E-state index contributed by atoms with van der Waals surface area (Å²) in [5.41, 5.74) is 1.59. The molecule has 3 aromatic rings. The van der Waals surface area contributed by atoms with Gasteiger partial charge in [-0.2, -0.15) is 0 Å². The standard InChI is InChI=1S/C27H21Cl2N3O7/c1-13-4-9-20(38-2)19(10-13)32-25(34)22(29)23(26(32)35)30-15-7-5-14(6-8-15)24(33)31-18-12-21(39-3)16(27(36)37)11-17(18)28/h4-12,30H,1-3H3,(H,31,33)(H,36,37). The van der Waals surface area contributed by atoms with E-state index < -0.39 is 23.7 Å². The van der Waals surface area contributed by atoms with Crippen LogP contribution in [0.4, 0.5) is 17.1 Å². The zero-order valence-electron chi connectivity index (χ0n) is 20.8. The fourth-order valence-electron chi connectivity index (χ4n) is 3.83. The molecule has 0 radical (unpaired) electrons. The first-order valence-corrected chi connectivity index (χ1v) is 12.0. The molecule has 0 aromatic heterocycles. The number of aryl methyl sites for hydroxylation is 1. The first kappa shape index (κ1) is 27.5. The van der Waals surface area contributed by atoms with Crippen molar-refractivity contribution in [3.05, 3.63) is 87.0 Å². The van der Waals surface area contributed by atoms with Crippen molar-refractivity contribution in [2.24, 2.45) is 0 Å². The van der Waals surface area contributed by atoms with Crippen LogP contribution in [0.3, 0.4) is 0 Å². The molecule has 0 atom stereocenters. The number of rotatable bonds is 8. The van der Waals surface area contributed by atoms with Gasteiger partial charge < -0.3 is 25.2 Å². The summed E-state index contributed by atoms with van der Waals surface area (Å²) >= 11 is 12.4. The van der Waals surface area contributed by atoms with Crippen LogP contribution < -0.4 is 25.0 Å². The Kier molecular flexibility index (Phi) is 7.80. The Balaban J connectivity index is 1.51. The van der Waals surface area contributed by atoms with Crippen molar-refractivity contribution >= 4 is 64.0 Å². The van der Waals surface area contributed by atoms with Crippen LogP contribution in [-0.2, 0) is 9.59 Å². The van der Waals surface area contributed by atoms with Gasteiger partial charge in [-0.25, -0.2) is 9.69 Å². The van der Waals surface area contributed by atoms with Gasteiger partial charge in [-0.15, -0.1) is 0 Å². The Morgan fingerprint density at radius 2 is 1.56 bits per heavy atom. The van der Waals surface area contributed by atoms with Crippen molar-refractivity contribution in [2.75, 3.05) is 29.8 Å². The molecule has 12 heteroatoms. The van der Waals surface area contributed by atoms with Gasteiger partial charge in [0.25, 0.3) is 17.7 Å². The first-order valence-electron chi connectivity index (χ1n) is 11.3. The van der Waals surface area contributed by atoms with Crippen LogP contribution in [-0.4, -0.2) is 43.0 Å². The van der Waals surface area contributed by atoms with E-state index in [1.165, 1.54) is 50.6 Å². The highest BCUT2D eigenvalue weighted by Gasteiger charge is 2.40. The maximum absolute atomic E-state index is 13.2. The van der Waals surface area contributed by atoms with E-state index in [0.717, 1.165) is 10.5 Å². The molecule has 0 saturated carbocycles. The average Bonchev–Trinajstić information content (AvgIpc) is 3.12. The molecule has 3 N–H and O–H groups in total. The SMILES string of the molecule is COc1cc(NC(=O)c2ccc(NC3=C(Cl)C(=O)N(c4cc(C)ccc4OC)C3=O)cc2)c(Cl)cc1C(=O)O. The van der Waals surface area contributed by atoms with Crippen molar-refractivity contribution in [2.45, 2.75) is 6.92 Å². The minimum atomic E-state index is -1.23. The van der Waals surface area contributed by atoms with Gasteiger partial charge in [-0.05, 0) is 55.0 Å². The molecule has 10 nitrogen and oxygen atoms in total. The lowest BCUT2D eigenvalue weighted by atomic mass is 10.1. The van der Waals surface area contributed by atoms with E-state index in [1.54, 1.807) is 18.2 Å². The number of ether oxygens (including phenoxy) is 2. The summed E-state index contributed by atoms with van der Waals surface area (Å²) in [7, 11) is 2.73. The zero-order valence-corrected chi connectivity index (χ0v) is 22.3. The number of halogens is 2. The Hall–Kier alpha value is -4.54. The Labute approximate surface area is 232 Å². The molecule has 1 heterocycles. The second-order valence-electron chi connectivity index (χ2n) is 8.30. The van der Waals surface area contributed by atoms with Crippen LogP contribution in [0.15, 0.2) is 65.3 Å². The number of nitrogens with zero attached hydrogens (tertiary/aromatic N) is 1. The van der Waals surface area contributed by atoms with Gasteiger partial charge >= 0.3 is 5.97 Å². The molecule has 0 bridgehead atoms. The summed E-state index contributed by atoms with van der Waals surface area (Å²) in [4.78, 5) is 51.1. The van der Waals surface area contributed by atoms with Gasteiger partial charge in [0.1, 0.15) is 27.8 Å². The van der Waals surface area contributed by atoms with Crippen molar-refractivity contribution < 1.29 is 33.8 Å². The molecule has 39 heavy (non-hydrogen) atoms. The molecule has 3 amide bonds. The van der Waals surface area contributed by atoms with Crippen molar-refractivity contribution in [3.63, 3.8) is 0 Å². The number of anilines is 3. The molecule has 4 rings (SSSR count). The van der Waals surface area contributed by atoms with E-state index in [2.05, 4.69) is 10.6 Å². The lowest BCUT2D eigenvalue weighted by Gasteiger charge is -2.18. The molecule has 3 aromatic carbocycles. The predicted octanol–water partition coefficient (Wildman–Crippen LogP) is 5.05. The molecule has 1 aliphatic rings. The van der Waals surface area contributed by atoms with Crippen molar-refractivity contribution in [1.29, 1.82) is 0 Å². The minimum Gasteiger partial charge on any atom is -0.496 e. The van der Waals surface area contributed by atoms with Crippen LogP contribution in [0.25, 0.3) is 0 Å². The second kappa shape index (κ2) is 11.1. The van der Waals surface area contributed by atoms with E-state index in [1.807, 2.05) is 6.92 Å². The Morgan fingerprint density at radius 3 is 2.18 bits per heavy atom. The predicted molar refractivity (Wildman–Crippen MR) is 146 cm³/mol. The number of aromatic carboxylic acids is 1. The molecule has 0 fully saturated rings. The monoisotopic (exact) mass is 569 g/mol. The van der Waals surface area contributed by atoms with Crippen LogP contribution in [0.2, 0.25) is 5.02 Å². The highest BCUT2D eigenvalue weighted by atomic mass is 35.5. The van der Waals surface area contributed by atoms with Gasteiger partial charge in [0.2, 0.25) is 0 Å². The van der Waals surface area contributed by atoms with Gasteiger partial charge in [-0.1, -0.05) is 29.3 Å². The number of carboxylic acid groups (broad SMARTS) is 1. The van der Waals surface area contributed by atoms with Crippen molar-refractivity contribution in [1.82, 2.24) is 0 Å². The topological polar surface area (TPSA) is 134 Å². The number of nitrogens with one attached hydrogen (secondary N) is 2. The summed E-state index contributed by atoms with van der Waals surface area (Å²) in [6.07, 6.45) is 0. The third-order valence-corrected chi connectivity index (χ3v) is 6.45. The fourth-order valence-corrected chi connectivity index (χ4v) is 4.26. The molecule has 0 spiro atoms. The molecule has 0 aliphatic carbocycles. The summed E-state index contributed by atoms with van der Waals surface area (Å²) in [6.45, 7) is 1.81. The van der Waals surface area contributed by atoms with Gasteiger partial charge in [0, 0.05) is 17.3 Å². The van der Waals surface area contributed by atoms with E-state index >= 15 is 0 Å². The zero-order chi connectivity index (χ0) is 28.4. The average molecular weight is 570 g/mol. The molecule has 200 valence electrons. The lowest BCUT2D eigenvalue weighted by molar-refractivity contribution is -0.120. The normalized spacial score (nSPS) is 13.0. The fraction of sp³-hybridized carbons (Fsp3) is 0.111. The number of benzene rings is 3. The molecule has 0 unspecified atom stereocenters. The summed E-state index contributed by atoms with van der Waals surface area (Å²) in [5, 5.41) is 14.4. The molecule has 0 saturated heterocycles. The maximum Gasteiger partial charge on any atom is 0.339 e. The number of amides is 3. The van der Waals surface area contributed by atoms with Crippen molar-refractivity contribution in [3.8, 4) is 11.5 Å². The van der Waals surface area contributed by atoms with Crippen LogP contribution in [0, 0.1) is 6.92 Å². The van der Waals surface area contributed by atoms with E-state index in [-0.39, 0.29) is 44.0 Å². The van der Waals surface area contributed by atoms with E-state index in [9.17, 15) is 24.3 Å². The first-order chi connectivity index (χ1) is 18.5. The van der Waals surface area contributed by atoms with Crippen LogP contribution >= 0.6 is 23.2 Å². The quantitative estimate of drug-likeness (QED) is 0.321. The highest BCUT2D eigenvalue weighted by Crippen LogP contribution is 2.36. The van der Waals surface area contributed by atoms with Crippen LogP contribution in [0.5, 0.6) is 11.5 Å². The second-order valence-corrected chi connectivity index (χ2v) is 9.09. The Bertz CT molecular complexity index is 1550. The summed E-state index contributed by atoms with van der Waals surface area (Å²) in [5.74, 6) is -2.77. The highest BCUT2D eigenvalue weighted by molar-refractivity contribution is 6.53. The third-order valence-electron chi connectivity index (χ3n) is 5.79. The summed E-state index contributed by atoms with van der Waals surface area (Å²) in [6, 6.07) is 13.6. The lowest BCUT2D eigenvalue weighted by Crippen LogP contribution is -2.32. The largest absolute Gasteiger partial charge is 0.496 e. The van der Waals surface area contributed by atoms with E-state index in [0.29, 0.717) is 11.4 Å².